The molecule has 352 valence electrons. The Kier molecular flexibility index (Phi) is 13.4. The number of likely N-dealkylation sites (tertiary alicyclic amines) is 2. The summed E-state index contributed by atoms with van der Waals surface area (Å²) >= 11 is 1.62. The van der Waals surface area contributed by atoms with Crippen LogP contribution in [0.4, 0.5) is 4.79 Å². The average Bonchev–Trinajstić information content (AvgIpc) is 3.95. The molecule has 6 bridgehead atoms. The van der Waals surface area contributed by atoms with E-state index in [-0.39, 0.29) is 53.7 Å². The Morgan fingerprint density at radius 3 is 2.57 bits per heavy atom. The van der Waals surface area contributed by atoms with Gasteiger partial charge in [0.15, 0.2) is 0 Å². The number of esters is 1. The summed E-state index contributed by atoms with van der Waals surface area (Å²) in [5, 5.41) is 7.69. The number of likely N-dealkylation sites (N-methyl/N-ethyl adjacent to an activating group) is 1. The number of carbonyl (C=O) groups is 4. The first-order valence-corrected chi connectivity index (χ1v) is 24.4. The van der Waals surface area contributed by atoms with Gasteiger partial charge in [-0.15, -0.1) is 11.8 Å². The molecule has 7 heterocycles. The summed E-state index contributed by atoms with van der Waals surface area (Å²) in [5.41, 5.74) is 10.1. The van der Waals surface area contributed by atoms with Gasteiger partial charge < -0.3 is 39.0 Å². The maximum atomic E-state index is 14.8. The molecule has 3 aromatic rings. The molecule has 2 aromatic heterocycles. The molecule has 5 aliphatic rings. The number of pyridine rings is 1. The Labute approximate surface area is 388 Å². The fraction of sp³-hybridized carbons (Fsp3) is 0.612. The summed E-state index contributed by atoms with van der Waals surface area (Å²) < 4.78 is 14.3. The minimum Gasteiger partial charge on any atom is -0.464 e. The largest absolute Gasteiger partial charge is 0.464 e. The van der Waals surface area contributed by atoms with Crippen LogP contribution < -0.4 is 10.7 Å². The number of thioether (sulfide) groups is 1. The number of rotatable bonds is 8. The van der Waals surface area contributed by atoms with Crippen molar-refractivity contribution in [1.29, 1.82) is 0 Å². The normalized spacial score (nSPS) is 24.4. The van der Waals surface area contributed by atoms with Gasteiger partial charge >= 0.3 is 12.0 Å². The second-order valence-corrected chi connectivity index (χ2v) is 21.4. The highest BCUT2D eigenvalue weighted by molar-refractivity contribution is 8.03. The fourth-order valence-corrected chi connectivity index (χ4v) is 12.1. The van der Waals surface area contributed by atoms with Crippen molar-refractivity contribution in [3.8, 4) is 11.3 Å². The van der Waals surface area contributed by atoms with Gasteiger partial charge in [-0.1, -0.05) is 33.8 Å². The molecule has 0 radical (unpaired) electrons. The number of hydrazine groups is 1. The van der Waals surface area contributed by atoms with Crippen molar-refractivity contribution in [2.24, 2.45) is 16.7 Å². The molecule has 3 fully saturated rings. The minimum atomic E-state index is -0.959. The minimum absolute atomic E-state index is 0.125. The summed E-state index contributed by atoms with van der Waals surface area (Å²) in [4.78, 5) is 69.9. The third kappa shape index (κ3) is 9.12. The third-order valence-electron chi connectivity index (χ3n) is 14.4. The van der Waals surface area contributed by atoms with Gasteiger partial charge in [0.05, 0.1) is 35.2 Å². The van der Waals surface area contributed by atoms with Crippen LogP contribution in [0, 0.1) is 16.7 Å². The molecular formula is C49H69N9O6S. The zero-order chi connectivity index (χ0) is 46.5. The summed E-state index contributed by atoms with van der Waals surface area (Å²) in [5.74, 6) is -1.36. The number of fused-ring (bicyclic) bond motifs is 6. The number of hydrogen-bond donors (Lipinski definition) is 2. The van der Waals surface area contributed by atoms with Gasteiger partial charge in [-0.2, -0.15) is 0 Å². The molecular weight excluding hydrogens is 843 g/mol. The molecule has 15 nitrogen and oxygen atoms in total. The van der Waals surface area contributed by atoms with E-state index >= 15 is 0 Å². The molecule has 0 saturated carbocycles. The average molecular weight is 912 g/mol. The number of methoxy groups -OCH3 is 1. The first-order valence-electron chi connectivity index (χ1n) is 23.4. The molecule has 1 spiro atoms. The summed E-state index contributed by atoms with van der Waals surface area (Å²) in [6, 6.07) is 8.03. The second-order valence-electron chi connectivity index (χ2n) is 20.3. The first kappa shape index (κ1) is 46.9. The highest BCUT2D eigenvalue weighted by atomic mass is 32.2. The smallest absolute Gasteiger partial charge is 0.324 e. The van der Waals surface area contributed by atoms with E-state index in [2.05, 4.69) is 82.6 Å². The Morgan fingerprint density at radius 2 is 1.88 bits per heavy atom. The van der Waals surface area contributed by atoms with Crippen LogP contribution in [0.25, 0.3) is 27.9 Å². The van der Waals surface area contributed by atoms with E-state index in [0.717, 1.165) is 70.7 Å². The number of nitrogens with one attached hydrogen (secondary N) is 2. The fourth-order valence-electron chi connectivity index (χ4n) is 10.9. The number of ether oxygens (including phenoxy) is 2. The highest BCUT2D eigenvalue weighted by Crippen LogP contribution is 2.44. The van der Waals surface area contributed by atoms with Gasteiger partial charge in [-0.05, 0) is 99.8 Å². The number of nitrogens with zero attached hydrogens (tertiary/aromatic N) is 7. The number of hydrogen-bond acceptors (Lipinski definition) is 11. The molecule has 1 unspecified atom stereocenters. The van der Waals surface area contributed by atoms with E-state index < -0.39 is 29.5 Å². The van der Waals surface area contributed by atoms with E-state index in [0.29, 0.717) is 38.9 Å². The monoisotopic (exact) mass is 912 g/mol. The van der Waals surface area contributed by atoms with Gasteiger partial charge in [0.1, 0.15) is 18.1 Å². The van der Waals surface area contributed by atoms with Crippen molar-refractivity contribution in [2.75, 3.05) is 67.6 Å². The molecule has 65 heavy (non-hydrogen) atoms. The lowest BCUT2D eigenvalue weighted by atomic mass is 9.79. The van der Waals surface area contributed by atoms with E-state index in [1.54, 1.807) is 30.8 Å². The predicted octanol–water partition coefficient (Wildman–Crippen LogP) is 5.94. The van der Waals surface area contributed by atoms with Crippen molar-refractivity contribution >= 4 is 52.2 Å². The van der Waals surface area contributed by atoms with Crippen molar-refractivity contribution in [3.63, 3.8) is 0 Å². The number of cyclic esters (lactones) is 1. The molecule has 4 amide bonds. The van der Waals surface area contributed by atoms with Crippen LogP contribution in [0.3, 0.4) is 0 Å². The molecule has 3 saturated heterocycles. The lowest BCUT2D eigenvalue weighted by Crippen LogP contribution is -2.65. The van der Waals surface area contributed by atoms with Gasteiger partial charge in [-0.3, -0.25) is 24.4 Å². The quantitative estimate of drug-likeness (QED) is 0.259. The Morgan fingerprint density at radius 1 is 1.11 bits per heavy atom. The van der Waals surface area contributed by atoms with Crippen LogP contribution in [-0.2, 0) is 36.8 Å². The molecule has 8 rings (SSSR count). The summed E-state index contributed by atoms with van der Waals surface area (Å²) in [6.45, 7) is 16.9. The molecule has 0 aliphatic carbocycles. The van der Waals surface area contributed by atoms with Crippen LogP contribution >= 0.6 is 11.8 Å². The van der Waals surface area contributed by atoms with E-state index in [4.69, 9.17) is 14.5 Å². The third-order valence-corrected chi connectivity index (χ3v) is 15.6. The molecule has 16 heteroatoms. The van der Waals surface area contributed by atoms with Crippen molar-refractivity contribution < 1.29 is 28.7 Å². The molecule has 1 aromatic carbocycles. The van der Waals surface area contributed by atoms with Gasteiger partial charge in [-0.25, -0.2) is 10.2 Å². The number of urea groups is 1. The zero-order valence-electron chi connectivity index (χ0n) is 40.0. The summed E-state index contributed by atoms with van der Waals surface area (Å²) in [7, 11) is 7.55. The SMILES string of the molecule is CCn1c(-c2cccnc2[C@H](C)OC)c2c3cc(ccc31)C1=CSC(C[C@H](NC(=O)[C@H](C(C)C)N(C)C(=O)N3CC4(CCN(C)C4)C3)C(=O)N3CCC[C@H](N3)C(=O)OCC(C)(C)C2)N1C. The molecule has 5 atom stereocenters. The Hall–Kier alpha value is -4.64. The first-order chi connectivity index (χ1) is 30.9. The van der Waals surface area contributed by atoms with Crippen molar-refractivity contribution in [3.05, 3.63) is 58.8 Å². The van der Waals surface area contributed by atoms with Crippen LogP contribution in [0.2, 0.25) is 0 Å². The maximum absolute atomic E-state index is 14.8. The van der Waals surface area contributed by atoms with Crippen LogP contribution in [-0.4, -0.2) is 149 Å². The number of aryl methyl sites for hydroxylation is 1. The topological polar surface area (TPSA) is 145 Å². The van der Waals surface area contributed by atoms with Crippen LogP contribution in [0.1, 0.15) is 90.2 Å². The standard InChI is InChI=1S/C49H69N9O6S/c1-11-57-38-17-16-32-22-34(38)35(43(57)33-14-12-19-50-41(33)31(4)63-10)24-48(5,6)29-64-46(61)36-15-13-20-58(52-36)45(60)37(23-40-54(8)39(32)25-65-40)51-44(59)42(30(2)3)55(9)47(62)56-27-49(28-56)18-21-53(7)26-49/h12,14,16-17,19,22,25,30-31,36-37,40,42,52H,11,13,15,18,20-21,23-24,26-29H2,1-10H3,(H,51,59)/t31-,36-,37-,40?,42-/m0/s1. The molecule has 5 aliphatic heterocycles. The highest BCUT2D eigenvalue weighted by Gasteiger charge is 2.50. The number of aromatic nitrogens is 2. The van der Waals surface area contributed by atoms with E-state index in [9.17, 15) is 19.2 Å². The lowest BCUT2D eigenvalue weighted by molar-refractivity contribution is -0.155. The number of benzene rings is 1. The van der Waals surface area contributed by atoms with Gasteiger partial charge in [0.25, 0.3) is 5.91 Å². The predicted molar refractivity (Wildman–Crippen MR) is 254 cm³/mol. The van der Waals surface area contributed by atoms with Crippen LogP contribution in [0.15, 0.2) is 41.9 Å². The molecule has 2 N–H and O–H groups in total. The maximum Gasteiger partial charge on any atom is 0.324 e. The van der Waals surface area contributed by atoms with Crippen LogP contribution in [0.5, 0.6) is 0 Å². The summed E-state index contributed by atoms with van der Waals surface area (Å²) in [6.07, 6.45) is 4.61. The van der Waals surface area contributed by atoms with Gasteiger partial charge in [0, 0.05) is 93.8 Å². The Balaban J connectivity index is 1.13. The van der Waals surface area contributed by atoms with Crippen molar-refractivity contribution in [1.82, 2.24) is 44.9 Å². The zero-order valence-corrected chi connectivity index (χ0v) is 40.8. The number of amides is 4. The Bertz CT molecular complexity index is 2340. The number of carbonyl (C=O) groups excluding carboxylic acids is 4. The van der Waals surface area contributed by atoms with Crippen molar-refractivity contribution in [2.45, 2.75) is 110 Å². The lowest BCUT2D eigenvalue weighted by Gasteiger charge is -2.50. The second kappa shape index (κ2) is 18.6. The van der Waals surface area contributed by atoms with Gasteiger partial charge in [0.2, 0.25) is 5.91 Å². The van der Waals surface area contributed by atoms with E-state index in [1.165, 1.54) is 5.01 Å². The van der Waals surface area contributed by atoms with E-state index in [1.807, 2.05) is 45.0 Å².